The lowest BCUT2D eigenvalue weighted by atomic mass is 10.0. The number of aromatic amines is 1. The van der Waals surface area contributed by atoms with Crippen molar-refractivity contribution in [1.29, 1.82) is 0 Å². The van der Waals surface area contributed by atoms with Gasteiger partial charge in [-0.3, -0.25) is 14.5 Å². The van der Waals surface area contributed by atoms with Crippen molar-refractivity contribution in [3.8, 4) is 0 Å². The molecular weight excluding hydrogens is 350 g/mol. The number of carbonyl (C=O) groups excluding carboxylic acids is 2. The number of nitrogens with one attached hydrogen (secondary N) is 2. The average molecular weight is 382 g/mol. The molecule has 2 N–H and O–H groups in total. The molecule has 0 atom stereocenters. The minimum Gasteiger partial charge on any atom is -0.354 e. The summed E-state index contributed by atoms with van der Waals surface area (Å²) in [6.45, 7) is 9.32. The molecule has 0 bridgehead atoms. The fourth-order valence-corrected chi connectivity index (χ4v) is 4.08. The van der Waals surface area contributed by atoms with Gasteiger partial charge in [-0.05, 0) is 62.9 Å². The highest BCUT2D eigenvalue weighted by Gasteiger charge is 2.22. The molecule has 0 saturated carbocycles. The Morgan fingerprint density at radius 2 is 1.75 bits per heavy atom. The van der Waals surface area contributed by atoms with E-state index in [9.17, 15) is 9.59 Å². The van der Waals surface area contributed by atoms with Gasteiger partial charge in [0.2, 0.25) is 0 Å². The van der Waals surface area contributed by atoms with Crippen LogP contribution in [-0.4, -0.2) is 34.7 Å². The van der Waals surface area contributed by atoms with E-state index in [1.54, 1.807) is 6.92 Å². The normalized spacial score (nSPS) is 14.4. The monoisotopic (exact) mass is 381 g/mol. The highest BCUT2D eigenvalue weighted by molar-refractivity contribution is 6.02. The van der Waals surface area contributed by atoms with Gasteiger partial charge >= 0.3 is 0 Å². The lowest BCUT2D eigenvalue weighted by Gasteiger charge is -2.14. The first-order valence-corrected chi connectivity index (χ1v) is 10.3. The molecule has 1 aromatic heterocycles. The molecule has 1 aliphatic heterocycles. The Balaban J connectivity index is 1.63. The van der Waals surface area contributed by atoms with Gasteiger partial charge in [0.1, 0.15) is 5.69 Å². The third kappa shape index (κ3) is 4.71. The van der Waals surface area contributed by atoms with Gasteiger partial charge in [0.15, 0.2) is 5.78 Å². The minimum absolute atomic E-state index is 0.00448. The Kier molecular flexibility index (Phi) is 6.68. The molecule has 2 aromatic rings. The van der Waals surface area contributed by atoms with Gasteiger partial charge in [0, 0.05) is 24.3 Å². The highest BCUT2D eigenvalue weighted by Crippen LogP contribution is 2.21. The van der Waals surface area contributed by atoms with Crippen molar-refractivity contribution < 1.29 is 9.59 Å². The van der Waals surface area contributed by atoms with E-state index in [0.29, 0.717) is 24.2 Å². The number of aromatic nitrogens is 1. The maximum atomic E-state index is 12.7. The zero-order chi connectivity index (χ0) is 20.1. The van der Waals surface area contributed by atoms with E-state index in [-0.39, 0.29) is 11.7 Å². The van der Waals surface area contributed by atoms with Gasteiger partial charge in [0.05, 0.1) is 0 Å². The molecule has 28 heavy (non-hydrogen) atoms. The first kappa shape index (κ1) is 20.3. The standard InChI is InChI=1S/C23H31N3O2/c1-4-7-20-21(17(3)27)16(2)25-22(20)23(28)24-14-18-8-10-19(11-9-18)15-26-12-5-6-13-26/h8-11,25H,4-7,12-15H2,1-3H3,(H,24,28). The van der Waals surface area contributed by atoms with Crippen LogP contribution in [0.1, 0.15) is 76.3 Å². The topological polar surface area (TPSA) is 65.2 Å². The Morgan fingerprint density at radius 1 is 1.11 bits per heavy atom. The maximum absolute atomic E-state index is 12.7. The maximum Gasteiger partial charge on any atom is 0.268 e. The molecule has 3 rings (SSSR count). The lowest BCUT2D eigenvalue weighted by molar-refractivity contribution is 0.0945. The quantitative estimate of drug-likeness (QED) is 0.679. The smallest absolute Gasteiger partial charge is 0.268 e. The molecule has 5 nitrogen and oxygen atoms in total. The van der Waals surface area contributed by atoms with Crippen LogP contribution < -0.4 is 5.32 Å². The molecule has 1 aromatic carbocycles. The molecule has 5 heteroatoms. The molecule has 1 saturated heterocycles. The molecule has 1 aliphatic rings. The Morgan fingerprint density at radius 3 is 2.36 bits per heavy atom. The summed E-state index contributed by atoms with van der Waals surface area (Å²) >= 11 is 0. The predicted octanol–water partition coefficient (Wildman–Crippen LogP) is 4.00. The van der Waals surface area contributed by atoms with Crippen LogP contribution in [0.2, 0.25) is 0 Å². The Bertz CT molecular complexity index is 830. The molecule has 0 unspecified atom stereocenters. The van der Waals surface area contributed by atoms with Crippen molar-refractivity contribution in [2.75, 3.05) is 13.1 Å². The molecule has 150 valence electrons. The fourth-order valence-electron chi connectivity index (χ4n) is 4.08. The molecular formula is C23H31N3O2. The fraction of sp³-hybridized carbons (Fsp3) is 0.478. The second kappa shape index (κ2) is 9.20. The van der Waals surface area contributed by atoms with Crippen molar-refractivity contribution in [2.24, 2.45) is 0 Å². The van der Waals surface area contributed by atoms with Crippen LogP contribution in [0.25, 0.3) is 0 Å². The summed E-state index contributed by atoms with van der Waals surface area (Å²) in [6.07, 6.45) is 4.20. The zero-order valence-corrected chi connectivity index (χ0v) is 17.2. The largest absolute Gasteiger partial charge is 0.354 e. The summed E-state index contributed by atoms with van der Waals surface area (Å²) in [5, 5.41) is 2.99. The molecule has 0 spiro atoms. The number of benzene rings is 1. The van der Waals surface area contributed by atoms with Gasteiger partial charge in [-0.2, -0.15) is 0 Å². The van der Waals surface area contributed by atoms with Crippen molar-refractivity contribution in [1.82, 2.24) is 15.2 Å². The summed E-state index contributed by atoms with van der Waals surface area (Å²) in [5.41, 5.74) is 5.19. The summed E-state index contributed by atoms with van der Waals surface area (Å²) in [4.78, 5) is 30.3. The van der Waals surface area contributed by atoms with E-state index < -0.39 is 0 Å². The van der Waals surface area contributed by atoms with Crippen LogP contribution in [0.3, 0.4) is 0 Å². The summed E-state index contributed by atoms with van der Waals surface area (Å²) in [6, 6.07) is 8.46. The average Bonchev–Trinajstić information content (AvgIpc) is 3.29. The van der Waals surface area contributed by atoms with Gasteiger partial charge in [0.25, 0.3) is 5.91 Å². The van der Waals surface area contributed by atoms with Gasteiger partial charge in [-0.25, -0.2) is 0 Å². The summed E-state index contributed by atoms with van der Waals surface area (Å²) in [5.74, 6) is -0.148. The minimum atomic E-state index is -0.153. The third-order valence-corrected chi connectivity index (χ3v) is 5.45. The first-order chi connectivity index (χ1) is 13.5. The number of H-pyrrole nitrogens is 1. The van der Waals surface area contributed by atoms with Crippen LogP contribution in [0, 0.1) is 6.92 Å². The lowest BCUT2D eigenvalue weighted by Crippen LogP contribution is -2.24. The number of nitrogens with zero attached hydrogens (tertiary/aromatic N) is 1. The van der Waals surface area contributed by atoms with E-state index in [1.807, 2.05) is 6.92 Å². The van der Waals surface area contributed by atoms with E-state index in [1.165, 1.54) is 31.5 Å². The van der Waals surface area contributed by atoms with Gasteiger partial charge in [-0.15, -0.1) is 0 Å². The number of likely N-dealkylation sites (tertiary alicyclic amines) is 1. The number of ketones is 1. The van der Waals surface area contributed by atoms with Crippen molar-refractivity contribution in [3.05, 3.63) is 57.9 Å². The van der Waals surface area contributed by atoms with Crippen LogP contribution in [0.4, 0.5) is 0 Å². The second-order valence-corrected chi connectivity index (χ2v) is 7.77. The number of hydrogen-bond donors (Lipinski definition) is 2. The number of carbonyl (C=O) groups is 2. The van der Waals surface area contributed by atoms with Crippen LogP contribution in [0.5, 0.6) is 0 Å². The highest BCUT2D eigenvalue weighted by atomic mass is 16.2. The van der Waals surface area contributed by atoms with Crippen LogP contribution in [-0.2, 0) is 19.5 Å². The second-order valence-electron chi connectivity index (χ2n) is 7.77. The molecule has 0 radical (unpaired) electrons. The summed E-state index contributed by atoms with van der Waals surface area (Å²) < 4.78 is 0. The number of aryl methyl sites for hydroxylation is 1. The van der Waals surface area contributed by atoms with E-state index in [0.717, 1.165) is 29.8 Å². The van der Waals surface area contributed by atoms with Gasteiger partial charge in [-0.1, -0.05) is 37.6 Å². The van der Waals surface area contributed by atoms with Crippen molar-refractivity contribution >= 4 is 11.7 Å². The van der Waals surface area contributed by atoms with Crippen LogP contribution in [0.15, 0.2) is 24.3 Å². The SMILES string of the molecule is CCCc1c(C(=O)NCc2ccc(CN3CCCC3)cc2)[nH]c(C)c1C(C)=O. The van der Waals surface area contributed by atoms with Crippen LogP contribution >= 0.6 is 0 Å². The molecule has 0 aliphatic carbocycles. The zero-order valence-electron chi connectivity index (χ0n) is 17.2. The molecule has 2 heterocycles. The van der Waals surface area contributed by atoms with E-state index in [2.05, 4.69) is 46.4 Å². The molecule has 1 fully saturated rings. The predicted molar refractivity (Wildman–Crippen MR) is 112 cm³/mol. The van der Waals surface area contributed by atoms with Crippen molar-refractivity contribution in [2.45, 2.75) is 59.5 Å². The van der Waals surface area contributed by atoms with Gasteiger partial charge < -0.3 is 10.3 Å². The molecule has 1 amide bonds. The third-order valence-electron chi connectivity index (χ3n) is 5.45. The van der Waals surface area contributed by atoms with E-state index >= 15 is 0 Å². The Labute approximate surface area is 167 Å². The summed E-state index contributed by atoms with van der Waals surface area (Å²) in [7, 11) is 0. The number of hydrogen-bond acceptors (Lipinski definition) is 3. The van der Waals surface area contributed by atoms with Crippen molar-refractivity contribution in [3.63, 3.8) is 0 Å². The number of amides is 1. The Hall–Kier alpha value is -2.40. The van der Waals surface area contributed by atoms with E-state index in [4.69, 9.17) is 0 Å². The number of Topliss-reactive ketones (excluding diaryl/α,β-unsaturated/α-hetero) is 1. The first-order valence-electron chi connectivity index (χ1n) is 10.3. The number of rotatable bonds is 8.